The van der Waals surface area contributed by atoms with Crippen LogP contribution >= 0.6 is 0 Å². The van der Waals surface area contributed by atoms with E-state index in [4.69, 9.17) is 0 Å². The quantitative estimate of drug-likeness (QED) is 0.815. The van der Waals surface area contributed by atoms with Crippen molar-refractivity contribution in [1.82, 2.24) is 15.6 Å². The molecule has 5 heteroatoms. The number of carbonyl (C=O) groups is 1. The van der Waals surface area contributed by atoms with Crippen molar-refractivity contribution in [3.8, 4) is 0 Å². The third-order valence-electron chi connectivity index (χ3n) is 3.22. The van der Waals surface area contributed by atoms with Gasteiger partial charge in [-0.1, -0.05) is 13.0 Å². The summed E-state index contributed by atoms with van der Waals surface area (Å²) in [6, 6.07) is 3.88. The standard InChI is InChI=1S/C13H20N4O/c1-3-11-13(18)16-7-8-17(11)12-10(9-14-2)5-4-6-15-12/h4-6,11,14H,3,7-9H2,1-2H3,(H,16,18). The van der Waals surface area contributed by atoms with Crippen molar-refractivity contribution in [1.29, 1.82) is 0 Å². The van der Waals surface area contributed by atoms with Gasteiger partial charge in [-0.25, -0.2) is 4.98 Å². The van der Waals surface area contributed by atoms with E-state index in [0.717, 1.165) is 30.9 Å². The highest BCUT2D eigenvalue weighted by Gasteiger charge is 2.29. The van der Waals surface area contributed by atoms with Gasteiger partial charge in [-0.3, -0.25) is 4.79 Å². The summed E-state index contributed by atoms with van der Waals surface area (Å²) in [5, 5.41) is 6.05. The summed E-state index contributed by atoms with van der Waals surface area (Å²) in [4.78, 5) is 18.5. The fourth-order valence-electron chi connectivity index (χ4n) is 2.39. The van der Waals surface area contributed by atoms with Gasteiger partial charge < -0.3 is 15.5 Å². The molecule has 1 aliphatic heterocycles. The van der Waals surface area contributed by atoms with Crippen molar-refractivity contribution in [2.24, 2.45) is 0 Å². The molecule has 1 unspecified atom stereocenters. The molecule has 1 aliphatic rings. The number of hydrogen-bond acceptors (Lipinski definition) is 4. The highest BCUT2D eigenvalue weighted by Crippen LogP contribution is 2.22. The van der Waals surface area contributed by atoms with Gasteiger partial charge in [0.25, 0.3) is 0 Å². The van der Waals surface area contributed by atoms with Gasteiger partial charge in [-0.15, -0.1) is 0 Å². The molecule has 1 fully saturated rings. The van der Waals surface area contributed by atoms with Crippen LogP contribution in [0.5, 0.6) is 0 Å². The molecule has 18 heavy (non-hydrogen) atoms. The Morgan fingerprint density at radius 2 is 2.44 bits per heavy atom. The number of anilines is 1. The fraction of sp³-hybridized carbons (Fsp3) is 0.538. The molecule has 0 aliphatic carbocycles. The van der Waals surface area contributed by atoms with Gasteiger partial charge in [-0.05, 0) is 19.5 Å². The van der Waals surface area contributed by atoms with Crippen LogP contribution in [0.1, 0.15) is 18.9 Å². The summed E-state index contributed by atoms with van der Waals surface area (Å²) >= 11 is 0. The summed E-state index contributed by atoms with van der Waals surface area (Å²) in [5.74, 6) is 1.03. The van der Waals surface area contributed by atoms with Crippen molar-refractivity contribution in [2.75, 3.05) is 25.0 Å². The second kappa shape index (κ2) is 5.82. The van der Waals surface area contributed by atoms with Gasteiger partial charge in [0.15, 0.2) is 0 Å². The smallest absolute Gasteiger partial charge is 0.242 e. The number of nitrogens with one attached hydrogen (secondary N) is 2. The van der Waals surface area contributed by atoms with Crippen LogP contribution in [-0.2, 0) is 11.3 Å². The number of nitrogens with zero attached hydrogens (tertiary/aromatic N) is 2. The fourth-order valence-corrected chi connectivity index (χ4v) is 2.39. The molecule has 5 nitrogen and oxygen atoms in total. The van der Waals surface area contributed by atoms with E-state index in [1.54, 1.807) is 6.20 Å². The maximum absolute atomic E-state index is 11.9. The van der Waals surface area contributed by atoms with Crippen molar-refractivity contribution in [3.05, 3.63) is 23.9 Å². The van der Waals surface area contributed by atoms with E-state index >= 15 is 0 Å². The highest BCUT2D eigenvalue weighted by atomic mass is 16.2. The normalized spacial score (nSPS) is 19.8. The molecule has 1 aromatic heterocycles. The van der Waals surface area contributed by atoms with Crippen molar-refractivity contribution in [2.45, 2.75) is 25.9 Å². The van der Waals surface area contributed by atoms with E-state index in [9.17, 15) is 4.79 Å². The summed E-state index contributed by atoms with van der Waals surface area (Å²) in [5.41, 5.74) is 1.13. The third-order valence-corrected chi connectivity index (χ3v) is 3.22. The van der Waals surface area contributed by atoms with Crippen LogP contribution < -0.4 is 15.5 Å². The molecule has 2 N–H and O–H groups in total. The van der Waals surface area contributed by atoms with Crippen LogP contribution in [0.2, 0.25) is 0 Å². The lowest BCUT2D eigenvalue weighted by molar-refractivity contribution is -0.123. The van der Waals surface area contributed by atoms with Crippen LogP contribution in [0.25, 0.3) is 0 Å². The Balaban J connectivity index is 2.31. The second-order valence-electron chi connectivity index (χ2n) is 4.42. The molecule has 1 saturated heterocycles. The van der Waals surface area contributed by atoms with E-state index in [2.05, 4.69) is 26.6 Å². The predicted octanol–water partition coefficient (Wildman–Crippen LogP) is 0.516. The Morgan fingerprint density at radius 3 is 3.17 bits per heavy atom. The van der Waals surface area contributed by atoms with Crippen molar-refractivity contribution >= 4 is 11.7 Å². The molecule has 2 heterocycles. The molecule has 98 valence electrons. The van der Waals surface area contributed by atoms with E-state index in [1.807, 2.05) is 20.0 Å². The molecular weight excluding hydrogens is 228 g/mol. The highest BCUT2D eigenvalue weighted by molar-refractivity contribution is 5.86. The second-order valence-corrected chi connectivity index (χ2v) is 4.42. The van der Waals surface area contributed by atoms with Gasteiger partial charge in [0.2, 0.25) is 5.91 Å². The van der Waals surface area contributed by atoms with Crippen LogP contribution in [-0.4, -0.2) is 37.1 Å². The number of hydrogen-bond donors (Lipinski definition) is 2. The van der Waals surface area contributed by atoms with E-state index in [1.165, 1.54) is 0 Å². The number of piperazine rings is 1. The number of carbonyl (C=O) groups excluding carboxylic acids is 1. The molecule has 0 spiro atoms. The van der Waals surface area contributed by atoms with E-state index in [-0.39, 0.29) is 11.9 Å². The summed E-state index contributed by atoms with van der Waals surface area (Å²) in [7, 11) is 1.91. The zero-order valence-corrected chi connectivity index (χ0v) is 10.9. The molecule has 1 atom stereocenters. The van der Waals surface area contributed by atoms with Gasteiger partial charge in [0, 0.05) is 31.4 Å². The first kappa shape index (κ1) is 12.8. The number of aromatic nitrogens is 1. The van der Waals surface area contributed by atoms with Crippen LogP contribution in [0.15, 0.2) is 18.3 Å². The minimum Gasteiger partial charge on any atom is -0.353 e. The van der Waals surface area contributed by atoms with E-state index in [0.29, 0.717) is 6.54 Å². The number of amides is 1. The molecular formula is C13H20N4O. The van der Waals surface area contributed by atoms with Gasteiger partial charge >= 0.3 is 0 Å². The Bertz CT molecular complexity index is 421. The Kier molecular flexibility index (Phi) is 4.15. The molecule has 2 rings (SSSR count). The Hall–Kier alpha value is -1.62. The summed E-state index contributed by atoms with van der Waals surface area (Å²) in [6.07, 6.45) is 2.58. The third kappa shape index (κ3) is 2.46. The van der Waals surface area contributed by atoms with Crippen LogP contribution in [0.4, 0.5) is 5.82 Å². The maximum atomic E-state index is 11.9. The van der Waals surface area contributed by atoms with Crippen LogP contribution in [0.3, 0.4) is 0 Å². The lowest BCUT2D eigenvalue weighted by atomic mass is 10.1. The number of pyridine rings is 1. The molecule has 0 bridgehead atoms. The predicted molar refractivity (Wildman–Crippen MR) is 71.4 cm³/mol. The van der Waals surface area contributed by atoms with Gasteiger partial charge in [-0.2, -0.15) is 0 Å². The lowest BCUT2D eigenvalue weighted by Crippen LogP contribution is -2.55. The Labute approximate surface area is 108 Å². The zero-order valence-electron chi connectivity index (χ0n) is 10.9. The molecule has 0 radical (unpaired) electrons. The molecule has 0 aromatic carbocycles. The topological polar surface area (TPSA) is 57.3 Å². The van der Waals surface area contributed by atoms with Gasteiger partial charge in [0.05, 0.1) is 0 Å². The lowest BCUT2D eigenvalue weighted by Gasteiger charge is -2.36. The van der Waals surface area contributed by atoms with Gasteiger partial charge in [0.1, 0.15) is 11.9 Å². The first-order valence-corrected chi connectivity index (χ1v) is 6.40. The first-order valence-electron chi connectivity index (χ1n) is 6.40. The average molecular weight is 248 g/mol. The Morgan fingerprint density at radius 1 is 1.61 bits per heavy atom. The SMILES string of the molecule is CCC1C(=O)NCCN1c1ncccc1CNC. The van der Waals surface area contributed by atoms with Crippen molar-refractivity contribution in [3.63, 3.8) is 0 Å². The first-order chi connectivity index (χ1) is 8.77. The average Bonchev–Trinajstić information content (AvgIpc) is 2.39. The molecule has 0 saturated carbocycles. The molecule has 1 aromatic rings. The summed E-state index contributed by atoms with van der Waals surface area (Å²) < 4.78 is 0. The maximum Gasteiger partial charge on any atom is 0.242 e. The van der Waals surface area contributed by atoms with E-state index < -0.39 is 0 Å². The molecule has 1 amide bonds. The van der Waals surface area contributed by atoms with Crippen molar-refractivity contribution < 1.29 is 4.79 Å². The zero-order chi connectivity index (χ0) is 13.0. The summed E-state index contributed by atoms with van der Waals surface area (Å²) in [6.45, 7) is 4.30. The number of rotatable bonds is 4. The van der Waals surface area contributed by atoms with Crippen LogP contribution in [0, 0.1) is 0 Å². The minimum atomic E-state index is -0.107. The monoisotopic (exact) mass is 248 g/mol. The largest absolute Gasteiger partial charge is 0.353 e. The minimum absolute atomic E-state index is 0.102.